The Kier molecular flexibility index (Phi) is 3.53. The van der Waals surface area contributed by atoms with Gasteiger partial charge in [0.2, 0.25) is 0 Å². The normalized spacial score (nSPS) is 10.9. The largest absolute Gasteiger partial charge is 0.330 e. The van der Waals surface area contributed by atoms with E-state index in [2.05, 4.69) is 44.0 Å². The summed E-state index contributed by atoms with van der Waals surface area (Å²) in [5.41, 5.74) is 14.6. The molecule has 0 aliphatic rings. The van der Waals surface area contributed by atoms with E-state index in [1.807, 2.05) is 6.20 Å². The fourth-order valence-electron chi connectivity index (χ4n) is 2.48. The third-order valence-corrected chi connectivity index (χ3v) is 3.75. The Hall–Kier alpha value is -1.61. The van der Waals surface area contributed by atoms with Crippen LogP contribution in [0.15, 0.2) is 12.3 Å². The minimum Gasteiger partial charge on any atom is -0.330 e. The van der Waals surface area contributed by atoms with Gasteiger partial charge in [-0.05, 0) is 62.1 Å². The molecule has 18 heavy (non-hydrogen) atoms. The summed E-state index contributed by atoms with van der Waals surface area (Å²) in [6.07, 6.45) is 2.75. The van der Waals surface area contributed by atoms with Crippen LogP contribution in [0.1, 0.15) is 27.9 Å². The van der Waals surface area contributed by atoms with Crippen molar-refractivity contribution in [3.8, 4) is 11.1 Å². The molecule has 0 bridgehead atoms. The van der Waals surface area contributed by atoms with E-state index in [1.54, 1.807) is 0 Å². The van der Waals surface area contributed by atoms with Crippen LogP contribution in [0.4, 0.5) is 0 Å². The van der Waals surface area contributed by atoms with E-state index in [-0.39, 0.29) is 0 Å². The number of rotatable bonds is 3. The minimum absolute atomic E-state index is 0.637. The van der Waals surface area contributed by atoms with E-state index in [0.29, 0.717) is 6.54 Å². The lowest BCUT2D eigenvalue weighted by atomic mass is 9.89. The highest BCUT2D eigenvalue weighted by atomic mass is 15.1. The zero-order chi connectivity index (χ0) is 13.3. The second kappa shape index (κ2) is 4.94. The van der Waals surface area contributed by atoms with Crippen molar-refractivity contribution < 1.29 is 0 Å². The number of aryl methyl sites for hydroxylation is 2. The zero-order valence-electron chi connectivity index (χ0n) is 11.6. The number of nitrogens with two attached hydrogens (primary N) is 1. The molecule has 0 saturated carbocycles. The predicted molar refractivity (Wildman–Crippen MR) is 75.7 cm³/mol. The van der Waals surface area contributed by atoms with Gasteiger partial charge in [0.05, 0.1) is 6.20 Å². The molecular formula is C15H21N3. The van der Waals surface area contributed by atoms with Crippen molar-refractivity contribution in [2.45, 2.75) is 34.1 Å². The first kappa shape index (κ1) is 12.8. The lowest BCUT2D eigenvalue weighted by molar-refractivity contribution is 0.902. The van der Waals surface area contributed by atoms with Gasteiger partial charge < -0.3 is 5.73 Å². The summed E-state index contributed by atoms with van der Waals surface area (Å²) in [5, 5.41) is 7.25. The number of aromatic nitrogens is 2. The average molecular weight is 243 g/mol. The molecule has 1 aromatic heterocycles. The van der Waals surface area contributed by atoms with Crippen molar-refractivity contribution >= 4 is 0 Å². The Morgan fingerprint density at radius 2 is 1.72 bits per heavy atom. The third-order valence-electron chi connectivity index (χ3n) is 3.75. The van der Waals surface area contributed by atoms with Gasteiger partial charge in [0.1, 0.15) is 0 Å². The summed E-state index contributed by atoms with van der Waals surface area (Å²) < 4.78 is 0. The highest BCUT2D eigenvalue weighted by molar-refractivity contribution is 5.74. The summed E-state index contributed by atoms with van der Waals surface area (Å²) in [4.78, 5) is 0. The highest BCUT2D eigenvalue weighted by Gasteiger charge is 2.14. The number of hydrogen-bond acceptors (Lipinski definition) is 2. The molecule has 0 unspecified atom stereocenters. The number of nitrogens with one attached hydrogen (secondary N) is 1. The molecule has 3 nitrogen and oxygen atoms in total. The van der Waals surface area contributed by atoms with Gasteiger partial charge in [-0.3, -0.25) is 5.10 Å². The van der Waals surface area contributed by atoms with E-state index >= 15 is 0 Å². The van der Waals surface area contributed by atoms with E-state index in [9.17, 15) is 0 Å². The molecule has 0 fully saturated rings. The van der Waals surface area contributed by atoms with E-state index in [4.69, 9.17) is 5.73 Å². The lowest BCUT2D eigenvalue weighted by Gasteiger charge is -2.15. The van der Waals surface area contributed by atoms with Crippen LogP contribution in [-0.4, -0.2) is 16.7 Å². The van der Waals surface area contributed by atoms with Crippen molar-refractivity contribution in [1.82, 2.24) is 10.2 Å². The number of hydrogen-bond donors (Lipinski definition) is 2. The number of H-pyrrole nitrogens is 1. The smallest absolute Gasteiger partial charge is 0.0568 e. The first-order chi connectivity index (χ1) is 8.56. The second-order valence-corrected chi connectivity index (χ2v) is 4.94. The summed E-state index contributed by atoms with van der Waals surface area (Å²) in [7, 11) is 0. The van der Waals surface area contributed by atoms with Crippen LogP contribution in [0, 0.1) is 27.7 Å². The van der Waals surface area contributed by atoms with Crippen molar-refractivity contribution in [3.63, 3.8) is 0 Å². The quantitative estimate of drug-likeness (QED) is 0.871. The Bertz CT molecular complexity index is 541. The molecule has 0 radical (unpaired) electrons. The van der Waals surface area contributed by atoms with Gasteiger partial charge in [-0.15, -0.1) is 0 Å². The van der Waals surface area contributed by atoms with Crippen LogP contribution in [0.25, 0.3) is 11.1 Å². The summed E-state index contributed by atoms with van der Waals surface area (Å²) >= 11 is 0. The Morgan fingerprint density at radius 1 is 1.11 bits per heavy atom. The zero-order valence-corrected chi connectivity index (χ0v) is 11.6. The molecule has 3 heteroatoms. The second-order valence-electron chi connectivity index (χ2n) is 4.94. The molecule has 0 amide bonds. The first-order valence-electron chi connectivity index (χ1n) is 6.36. The van der Waals surface area contributed by atoms with E-state index < -0.39 is 0 Å². The predicted octanol–water partition coefficient (Wildman–Crippen LogP) is 2.81. The van der Waals surface area contributed by atoms with Crippen molar-refractivity contribution in [1.29, 1.82) is 0 Å². The van der Waals surface area contributed by atoms with Crippen LogP contribution in [0.5, 0.6) is 0 Å². The highest BCUT2D eigenvalue weighted by Crippen LogP contribution is 2.32. The number of benzene rings is 1. The molecule has 1 heterocycles. The van der Waals surface area contributed by atoms with Crippen molar-refractivity contribution in [2.75, 3.05) is 6.54 Å². The summed E-state index contributed by atoms with van der Waals surface area (Å²) in [6, 6.07) is 2.25. The van der Waals surface area contributed by atoms with Crippen LogP contribution >= 0.6 is 0 Å². The van der Waals surface area contributed by atoms with Crippen LogP contribution in [-0.2, 0) is 6.42 Å². The fraction of sp³-hybridized carbons (Fsp3) is 0.400. The van der Waals surface area contributed by atoms with Crippen molar-refractivity contribution in [3.05, 3.63) is 40.2 Å². The van der Waals surface area contributed by atoms with Crippen LogP contribution in [0.3, 0.4) is 0 Å². The van der Waals surface area contributed by atoms with Crippen LogP contribution in [0.2, 0.25) is 0 Å². The SMILES string of the molecule is Cc1cc(C)c(C)c(-c2cn[nH]c2CCN)c1C. The molecule has 1 aromatic carbocycles. The van der Waals surface area contributed by atoms with Gasteiger partial charge in [0, 0.05) is 17.7 Å². The Morgan fingerprint density at radius 3 is 2.28 bits per heavy atom. The average Bonchev–Trinajstić information content (AvgIpc) is 2.76. The number of nitrogens with zero attached hydrogens (tertiary/aromatic N) is 1. The molecule has 96 valence electrons. The maximum atomic E-state index is 5.65. The van der Waals surface area contributed by atoms with E-state index in [0.717, 1.165) is 12.1 Å². The standard InChI is InChI=1S/C15H21N3/c1-9-7-10(2)12(4)15(11(9)3)13-8-17-18-14(13)5-6-16/h7-8H,5-6,16H2,1-4H3,(H,17,18). The Balaban J connectivity index is 2.66. The molecule has 2 rings (SSSR count). The fourth-order valence-corrected chi connectivity index (χ4v) is 2.48. The van der Waals surface area contributed by atoms with Crippen LogP contribution < -0.4 is 5.73 Å². The van der Waals surface area contributed by atoms with Gasteiger partial charge in [-0.2, -0.15) is 5.10 Å². The van der Waals surface area contributed by atoms with Crippen molar-refractivity contribution in [2.24, 2.45) is 5.73 Å². The minimum atomic E-state index is 0.637. The van der Waals surface area contributed by atoms with Gasteiger partial charge in [0.15, 0.2) is 0 Å². The topological polar surface area (TPSA) is 54.7 Å². The molecular weight excluding hydrogens is 222 g/mol. The van der Waals surface area contributed by atoms with Gasteiger partial charge >= 0.3 is 0 Å². The maximum Gasteiger partial charge on any atom is 0.0568 e. The number of aromatic amines is 1. The molecule has 3 N–H and O–H groups in total. The van der Waals surface area contributed by atoms with Gasteiger partial charge in [-0.1, -0.05) is 6.07 Å². The first-order valence-corrected chi connectivity index (χ1v) is 6.36. The van der Waals surface area contributed by atoms with Gasteiger partial charge in [-0.25, -0.2) is 0 Å². The summed E-state index contributed by atoms with van der Waals surface area (Å²) in [5.74, 6) is 0. The molecule has 2 aromatic rings. The maximum absolute atomic E-state index is 5.65. The molecule has 0 atom stereocenters. The summed E-state index contributed by atoms with van der Waals surface area (Å²) in [6.45, 7) is 9.31. The molecule has 0 spiro atoms. The molecule has 0 aliphatic carbocycles. The van der Waals surface area contributed by atoms with Gasteiger partial charge in [0.25, 0.3) is 0 Å². The monoisotopic (exact) mass is 243 g/mol. The Labute approximate surface area is 108 Å². The third kappa shape index (κ3) is 2.06. The molecule has 0 saturated heterocycles. The molecule has 0 aliphatic heterocycles. The van der Waals surface area contributed by atoms with E-state index in [1.165, 1.54) is 33.4 Å². The lowest BCUT2D eigenvalue weighted by Crippen LogP contribution is -2.05.